The number of likely N-dealkylation sites (tertiary alicyclic amines) is 1. The Hall–Kier alpha value is -4.94. The number of rotatable bonds is 13. The smallest absolute Gasteiger partial charge is 0.289 e. The first kappa shape index (κ1) is 34.9. The zero-order valence-corrected chi connectivity index (χ0v) is 27.3. The molecule has 1 aliphatic heterocycles. The molecule has 1 saturated heterocycles. The largest absolute Gasteiger partial charge is 0.347 e. The van der Waals surface area contributed by atoms with Crippen LogP contribution in [0, 0.1) is 23.7 Å². The Morgan fingerprint density at radius 2 is 1.60 bits per heavy atom. The number of allylic oxidation sites excluding steroid dienone is 1. The Bertz CT molecular complexity index is 1500. The molecule has 0 radical (unpaired) electrons. The van der Waals surface area contributed by atoms with Crippen LogP contribution in [0.5, 0.6) is 0 Å². The zero-order valence-electron chi connectivity index (χ0n) is 27.3. The number of fused-ring (bicyclic) bond motifs is 1. The number of amides is 5. The van der Waals surface area contributed by atoms with Gasteiger partial charge < -0.3 is 26.2 Å². The summed E-state index contributed by atoms with van der Waals surface area (Å²) in [7, 11) is 0. The van der Waals surface area contributed by atoms with Gasteiger partial charge in [-0.3, -0.25) is 33.8 Å². The molecule has 13 heteroatoms. The molecule has 2 heterocycles. The topological polar surface area (TPSA) is 180 Å². The summed E-state index contributed by atoms with van der Waals surface area (Å²) in [6.07, 6.45) is 8.60. The van der Waals surface area contributed by atoms with Crippen molar-refractivity contribution in [2.24, 2.45) is 23.7 Å². The van der Waals surface area contributed by atoms with E-state index in [4.69, 9.17) is 0 Å². The minimum absolute atomic E-state index is 0.0506. The maximum Gasteiger partial charge on any atom is 0.289 e. The predicted molar refractivity (Wildman–Crippen MR) is 172 cm³/mol. The number of ketones is 1. The van der Waals surface area contributed by atoms with Crippen molar-refractivity contribution in [3.8, 4) is 0 Å². The molecule has 0 saturated carbocycles. The van der Waals surface area contributed by atoms with Crippen LogP contribution >= 0.6 is 0 Å². The molecule has 6 atom stereocenters. The monoisotopic (exact) mass is 645 g/mol. The van der Waals surface area contributed by atoms with Gasteiger partial charge >= 0.3 is 0 Å². The first-order valence-electron chi connectivity index (χ1n) is 15.9. The lowest BCUT2D eigenvalue weighted by Crippen LogP contribution is -2.59. The fourth-order valence-corrected chi connectivity index (χ4v) is 5.98. The molecule has 1 fully saturated rings. The number of aromatic nitrogens is 2. The van der Waals surface area contributed by atoms with Crippen molar-refractivity contribution in [3.05, 3.63) is 72.3 Å². The second-order valence-electron chi connectivity index (χ2n) is 12.7. The SMILES string of the molecule is CC(C)[C@H](NC(=O)c1cnccn1)C(=O)N[C@H](C(=O)N1C[C@@H]2C=CC[C@@H]2C1C(=O)NCC(=O)C(=O)N[C@@H](C)c1ccccc1)C(C)C. The zero-order chi connectivity index (χ0) is 34.2. The standard InChI is InChI=1S/C34H43N7O6/c1-19(2)27(39-30(43)25-16-35-14-15-36-25)32(45)40-28(20(3)4)34(47)41-18-23-12-9-13-24(23)29(41)33(46)37-17-26(42)31(44)38-21(5)22-10-7-6-8-11-22/h6-12,14-16,19-21,23-24,27-29H,13,17-18H2,1-5H3,(H,37,46)(H,38,44)(H,39,43)(H,40,45)/t21-,23-,24-,27-,28-,29?/m0/s1. The summed E-state index contributed by atoms with van der Waals surface area (Å²) in [4.78, 5) is 88.5. The van der Waals surface area contributed by atoms with E-state index in [2.05, 4.69) is 31.2 Å². The molecule has 2 aromatic rings. The maximum atomic E-state index is 14.1. The fourth-order valence-electron chi connectivity index (χ4n) is 5.98. The number of benzene rings is 1. The number of carbonyl (C=O) groups is 6. The number of hydrogen-bond acceptors (Lipinski definition) is 8. The van der Waals surface area contributed by atoms with Crippen molar-refractivity contribution >= 4 is 35.3 Å². The van der Waals surface area contributed by atoms with E-state index >= 15 is 0 Å². The van der Waals surface area contributed by atoms with Gasteiger partial charge in [-0.15, -0.1) is 0 Å². The number of nitrogens with zero attached hydrogens (tertiary/aromatic N) is 3. The summed E-state index contributed by atoms with van der Waals surface area (Å²) >= 11 is 0. The van der Waals surface area contributed by atoms with E-state index in [9.17, 15) is 28.8 Å². The van der Waals surface area contributed by atoms with Crippen LogP contribution in [0.1, 0.15) is 63.1 Å². The highest BCUT2D eigenvalue weighted by Gasteiger charge is 2.49. The van der Waals surface area contributed by atoms with Crippen LogP contribution < -0.4 is 21.3 Å². The third-order valence-corrected chi connectivity index (χ3v) is 8.63. The van der Waals surface area contributed by atoms with Crippen molar-refractivity contribution in [2.45, 2.75) is 65.2 Å². The molecule has 2 aliphatic rings. The highest BCUT2D eigenvalue weighted by Crippen LogP contribution is 2.38. The fraction of sp³-hybridized carbons (Fsp3) is 0.471. The Morgan fingerprint density at radius 3 is 2.23 bits per heavy atom. The minimum atomic E-state index is -0.998. The second kappa shape index (κ2) is 15.6. The Kier molecular flexibility index (Phi) is 11.6. The normalized spacial score (nSPS) is 20.2. The first-order valence-corrected chi connectivity index (χ1v) is 15.9. The highest BCUT2D eigenvalue weighted by atomic mass is 16.2. The number of nitrogens with one attached hydrogen (secondary N) is 4. The summed E-state index contributed by atoms with van der Waals surface area (Å²) in [5.74, 6) is -4.71. The molecule has 13 nitrogen and oxygen atoms in total. The van der Waals surface area contributed by atoms with Gasteiger partial charge in [0.25, 0.3) is 11.8 Å². The van der Waals surface area contributed by atoms with Crippen LogP contribution in [0.25, 0.3) is 0 Å². The van der Waals surface area contributed by atoms with Gasteiger partial charge in [0.2, 0.25) is 23.5 Å². The van der Waals surface area contributed by atoms with Crippen molar-refractivity contribution < 1.29 is 28.8 Å². The van der Waals surface area contributed by atoms with Gasteiger partial charge in [-0.2, -0.15) is 0 Å². The van der Waals surface area contributed by atoms with Crippen molar-refractivity contribution in [3.63, 3.8) is 0 Å². The third kappa shape index (κ3) is 8.46. The van der Waals surface area contributed by atoms with E-state index in [0.717, 1.165) is 5.56 Å². The number of hydrogen-bond donors (Lipinski definition) is 4. The summed E-state index contributed by atoms with van der Waals surface area (Å²) in [6, 6.07) is 5.90. The lowest BCUT2D eigenvalue weighted by Gasteiger charge is -2.33. The molecule has 0 bridgehead atoms. The summed E-state index contributed by atoms with van der Waals surface area (Å²) in [5, 5.41) is 10.7. The van der Waals surface area contributed by atoms with Crippen LogP contribution in [0.4, 0.5) is 0 Å². The van der Waals surface area contributed by atoms with E-state index in [0.29, 0.717) is 6.42 Å². The summed E-state index contributed by atoms with van der Waals surface area (Å²) in [5.41, 5.74) is 0.881. The van der Waals surface area contributed by atoms with E-state index in [1.165, 1.54) is 23.5 Å². The average Bonchev–Trinajstić information content (AvgIpc) is 3.66. The van der Waals surface area contributed by atoms with Gasteiger partial charge in [-0.25, -0.2) is 4.98 Å². The second-order valence-corrected chi connectivity index (χ2v) is 12.7. The Labute approximate surface area is 274 Å². The molecule has 250 valence electrons. The lowest BCUT2D eigenvalue weighted by atomic mass is 9.92. The molecule has 1 aliphatic carbocycles. The van der Waals surface area contributed by atoms with E-state index in [-0.39, 0.29) is 35.9 Å². The lowest BCUT2D eigenvalue weighted by molar-refractivity contribution is -0.144. The third-order valence-electron chi connectivity index (χ3n) is 8.63. The van der Waals surface area contributed by atoms with Gasteiger partial charge in [0.1, 0.15) is 23.8 Å². The van der Waals surface area contributed by atoms with Crippen LogP contribution in [0.3, 0.4) is 0 Å². The maximum absolute atomic E-state index is 14.1. The van der Waals surface area contributed by atoms with Gasteiger partial charge in [-0.1, -0.05) is 70.2 Å². The molecule has 1 unspecified atom stereocenters. The summed E-state index contributed by atoms with van der Waals surface area (Å²) in [6.45, 7) is 8.60. The van der Waals surface area contributed by atoms with Crippen molar-refractivity contribution in [1.29, 1.82) is 0 Å². The summed E-state index contributed by atoms with van der Waals surface area (Å²) < 4.78 is 0. The minimum Gasteiger partial charge on any atom is -0.347 e. The molecule has 1 aromatic carbocycles. The van der Waals surface area contributed by atoms with Crippen LogP contribution in [0.15, 0.2) is 61.1 Å². The first-order chi connectivity index (χ1) is 22.4. The van der Waals surface area contributed by atoms with Gasteiger partial charge in [0, 0.05) is 24.9 Å². The molecule has 4 rings (SSSR count). The van der Waals surface area contributed by atoms with Crippen LogP contribution in [-0.2, 0) is 24.0 Å². The Morgan fingerprint density at radius 1 is 0.894 bits per heavy atom. The Balaban J connectivity index is 1.42. The highest BCUT2D eigenvalue weighted by molar-refractivity contribution is 6.37. The van der Waals surface area contributed by atoms with Gasteiger partial charge in [0.15, 0.2) is 0 Å². The van der Waals surface area contributed by atoms with Crippen LogP contribution in [0.2, 0.25) is 0 Å². The van der Waals surface area contributed by atoms with E-state index in [1.807, 2.05) is 42.5 Å². The van der Waals surface area contributed by atoms with Gasteiger partial charge in [-0.05, 0) is 36.7 Å². The molecular weight excluding hydrogens is 602 g/mol. The molecule has 5 amide bonds. The van der Waals surface area contributed by atoms with Crippen molar-refractivity contribution in [2.75, 3.05) is 13.1 Å². The molecule has 4 N–H and O–H groups in total. The van der Waals surface area contributed by atoms with Crippen molar-refractivity contribution in [1.82, 2.24) is 36.1 Å². The number of Topliss-reactive ketones (excluding diaryl/α,β-unsaturated/α-hetero) is 1. The average molecular weight is 646 g/mol. The quantitative estimate of drug-likeness (QED) is 0.186. The molecule has 1 aromatic heterocycles. The van der Waals surface area contributed by atoms with E-state index in [1.54, 1.807) is 34.6 Å². The van der Waals surface area contributed by atoms with Gasteiger partial charge in [0.05, 0.1) is 18.8 Å². The number of carbonyl (C=O) groups excluding carboxylic acids is 6. The molecule has 0 spiro atoms. The molecule has 47 heavy (non-hydrogen) atoms. The predicted octanol–water partition coefficient (Wildman–Crippen LogP) is 1.34. The van der Waals surface area contributed by atoms with E-state index < -0.39 is 66.0 Å². The van der Waals surface area contributed by atoms with Crippen LogP contribution in [-0.4, -0.2) is 81.4 Å². The molecular formula is C34H43N7O6.